The quantitative estimate of drug-likeness (QED) is 0.863. The van der Waals surface area contributed by atoms with Gasteiger partial charge < -0.3 is 5.32 Å². The van der Waals surface area contributed by atoms with Crippen molar-refractivity contribution in [1.29, 1.82) is 0 Å². The van der Waals surface area contributed by atoms with Gasteiger partial charge in [-0.15, -0.1) is 23.1 Å². The third-order valence-corrected chi connectivity index (χ3v) is 6.94. The molecule has 2 bridgehead atoms. The summed E-state index contributed by atoms with van der Waals surface area (Å²) in [5.74, 6) is 0.664. The second kappa shape index (κ2) is 5.87. The summed E-state index contributed by atoms with van der Waals surface area (Å²) in [6, 6.07) is 2.63. The van der Waals surface area contributed by atoms with Crippen LogP contribution in [0.4, 0.5) is 0 Å². The van der Waals surface area contributed by atoms with E-state index in [4.69, 9.17) is 11.6 Å². The van der Waals surface area contributed by atoms with Crippen LogP contribution in [0.2, 0.25) is 4.34 Å². The number of nitrogens with zero attached hydrogens (tertiary/aromatic N) is 1. The Kier molecular flexibility index (Phi) is 4.32. The molecule has 4 heterocycles. The van der Waals surface area contributed by atoms with E-state index in [0.29, 0.717) is 16.3 Å². The second-order valence-electron chi connectivity index (χ2n) is 5.57. The fraction of sp³-hybridized carbons (Fsp3) is 0.643. The highest BCUT2D eigenvalue weighted by molar-refractivity contribution is 7.98. The molecule has 1 amide bonds. The number of hydrogen-bond donors (Lipinski definition) is 1. The number of amides is 1. The molecule has 110 valence electrons. The summed E-state index contributed by atoms with van der Waals surface area (Å²) in [7, 11) is 0. The standard InChI is InChI=1S/C14H19ClN2OS2/c1-8-12(9-3-5-17(8)6-4-9)16-14(18)11-7-10(19-2)13(15)20-11/h7-9,12H,3-6H2,1-2H3,(H,16,18)/t8-,12+/m1/s1. The van der Waals surface area contributed by atoms with Crippen LogP contribution in [0.5, 0.6) is 0 Å². The molecule has 3 aliphatic heterocycles. The maximum Gasteiger partial charge on any atom is 0.261 e. The van der Waals surface area contributed by atoms with Gasteiger partial charge in [0, 0.05) is 17.0 Å². The maximum atomic E-state index is 12.4. The minimum atomic E-state index is 0.0304. The van der Waals surface area contributed by atoms with E-state index in [1.54, 1.807) is 11.8 Å². The van der Waals surface area contributed by atoms with Gasteiger partial charge in [-0.1, -0.05) is 11.6 Å². The zero-order chi connectivity index (χ0) is 14.3. The van der Waals surface area contributed by atoms with Gasteiger partial charge in [0.15, 0.2) is 0 Å². The first kappa shape index (κ1) is 14.7. The number of carbonyl (C=O) groups excluding carboxylic acids is 1. The Morgan fingerprint density at radius 3 is 2.75 bits per heavy atom. The third-order valence-electron chi connectivity index (χ3n) is 4.57. The summed E-state index contributed by atoms with van der Waals surface area (Å²) in [6.07, 6.45) is 4.39. The van der Waals surface area contributed by atoms with Gasteiger partial charge in [-0.25, -0.2) is 0 Å². The first-order chi connectivity index (χ1) is 9.60. The van der Waals surface area contributed by atoms with E-state index >= 15 is 0 Å². The Morgan fingerprint density at radius 2 is 2.20 bits per heavy atom. The summed E-state index contributed by atoms with van der Waals surface area (Å²) in [5.41, 5.74) is 0. The minimum absolute atomic E-state index is 0.0304. The smallest absolute Gasteiger partial charge is 0.261 e. The first-order valence-corrected chi connectivity index (χ1v) is 9.40. The lowest BCUT2D eigenvalue weighted by molar-refractivity contribution is 0.0218. The molecule has 2 atom stereocenters. The Morgan fingerprint density at radius 1 is 1.50 bits per heavy atom. The van der Waals surface area contributed by atoms with E-state index in [0.717, 1.165) is 9.77 Å². The lowest BCUT2D eigenvalue weighted by atomic mass is 9.79. The van der Waals surface area contributed by atoms with Crippen LogP contribution in [0.3, 0.4) is 0 Å². The average Bonchev–Trinajstić information content (AvgIpc) is 2.84. The van der Waals surface area contributed by atoms with Crippen molar-refractivity contribution in [3.63, 3.8) is 0 Å². The van der Waals surface area contributed by atoms with Crippen molar-refractivity contribution in [1.82, 2.24) is 10.2 Å². The molecule has 0 aliphatic carbocycles. The van der Waals surface area contributed by atoms with E-state index < -0.39 is 0 Å². The van der Waals surface area contributed by atoms with Crippen LogP contribution < -0.4 is 5.32 Å². The topological polar surface area (TPSA) is 32.3 Å². The molecule has 0 aromatic carbocycles. The number of rotatable bonds is 3. The molecule has 1 aromatic heterocycles. The SMILES string of the molecule is CSc1cc(C(=O)N[C@@H]2C3CCN(CC3)[C@@H]2C)sc1Cl. The molecule has 3 saturated heterocycles. The molecule has 0 unspecified atom stereocenters. The van der Waals surface area contributed by atoms with Crippen molar-refractivity contribution >= 4 is 40.6 Å². The third kappa shape index (κ3) is 2.61. The van der Waals surface area contributed by atoms with Crippen molar-refractivity contribution in [2.24, 2.45) is 5.92 Å². The summed E-state index contributed by atoms with van der Waals surface area (Å²) in [6.45, 7) is 4.59. The van der Waals surface area contributed by atoms with Gasteiger partial charge in [-0.05, 0) is 51.1 Å². The lowest BCUT2D eigenvalue weighted by Gasteiger charge is -2.49. The Hall–Kier alpha value is -0.230. The fourth-order valence-electron chi connectivity index (χ4n) is 3.37. The Balaban J connectivity index is 1.72. The molecule has 4 rings (SSSR count). The number of piperidine rings is 3. The number of fused-ring (bicyclic) bond motifs is 3. The molecule has 20 heavy (non-hydrogen) atoms. The molecule has 3 aliphatic rings. The highest BCUT2D eigenvalue weighted by Gasteiger charge is 2.40. The zero-order valence-corrected chi connectivity index (χ0v) is 14.1. The van der Waals surface area contributed by atoms with Gasteiger partial charge in [0.05, 0.1) is 4.88 Å². The molecule has 0 radical (unpaired) electrons. The maximum absolute atomic E-state index is 12.4. The van der Waals surface area contributed by atoms with Crippen LogP contribution in [0, 0.1) is 5.92 Å². The monoisotopic (exact) mass is 330 g/mol. The van der Waals surface area contributed by atoms with Crippen molar-refractivity contribution in [3.8, 4) is 0 Å². The van der Waals surface area contributed by atoms with Gasteiger partial charge >= 0.3 is 0 Å². The van der Waals surface area contributed by atoms with Gasteiger partial charge in [-0.2, -0.15) is 0 Å². The van der Waals surface area contributed by atoms with Crippen molar-refractivity contribution < 1.29 is 4.79 Å². The molecule has 3 nitrogen and oxygen atoms in total. The Bertz CT molecular complexity index is 509. The number of thioether (sulfide) groups is 1. The number of hydrogen-bond acceptors (Lipinski definition) is 4. The van der Waals surface area contributed by atoms with Gasteiger partial charge in [-0.3, -0.25) is 9.69 Å². The van der Waals surface area contributed by atoms with E-state index in [1.807, 2.05) is 12.3 Å². The number of carbonyl (C=O) groups is 1. The molecule has 1 N–H and O–H groups in total. The van der Waals surface area contributed by atoms with Gasteiger partial charge in [0.1, 0.15) is 4.34 Å². The average molecular weight is 331 g/mol. The van der Waals surface area contributed by atoms with Crippen LogP contribution in [0.15, 0.2) is 11.0 Å². The highest BCUT2D eigenvalue weighted by atomic mass is 35.5. The predicted molar refractivity (Wildman–Crippen MR) is 86.1 cm³/mol. The molecule has 1 aromatic rings. The molecular formula is C14H19ClN2OS2. The van der Waals surface area contributed by atoms with Crippen LogP contribution in [0.1, 0.15) is 29.4 Å². The summed E-state index contributed by atoms with van der Waals surface area (Å²) < 4.78 is 0.713. The molecule has 0 spiro atoms. The van der Waals surface area contributed by atoms with E-state index in [1.165, 1.54) is 37.3 Å². The van der Waals surface area contributed by atoms with Crippen LogP contribution in [-0.2, 0) is 0 Å². The highest BCUT2D eigenvalue weighted by Crippen LogP contribution is 2.35. The predicted octanol–water partition coefficient (Wildman–Crippen LogP) is 3.34. The molecule has 6 heteroatoms. The van der Waals surface area contributed by atoms with Gasteiger partial charge in [0.2, 0.25) is 0 Å². The van der Waals surface area contributed by atoms with Crippen molar-refractivity contribution in [3.05, 3.63) is 15.3 Å². The zero-order valence-electron chi connectivity index (χ0n) is 11.7. The number of thiophene rings is 1. The number of nitrogens with one attached hydrogen (secondary N) is 1. The second-order valence-corrected chi connectivity index (χ2v) is 8.07. The lowest BCUT2D eigenvalue weighted by Crippen LogP contribution is -2.62. The summed E-state index contributed by atoms with van der Waals surface area (Å²) in [5, 5.41) is 3.24. The molecular weight excluding hydrogens is 312 g/mol. The molecule has 0 saturated carbocycles. The normalized spacial score (nSPS) is 32.4. The van der Waals surface area contributed by atoms with Crippen molar-refractivity contribution in [2.45, 2.75) is 36.7 Å². The summed E-state index contributed by atoms with van der Waals surface area (Å²) in [4.78, 5) is 16.6. The first-order valence-electron chi connectivity index (χ1n) is 6.98. The van der Waals surface area contributed by atoms with Crippen LogP contribution in [0.25, 0.3) is 0 Å². The Labute approximate surface area is 133 Å². The summed E-state index contributed by atoms with van der Waals surface area (Å²) >= 11 is 9.09. The van der Waals surface area contributed by atoms with Crippen LogP contribution >= 0.6 is 34.7 Å². The van der Waals surface area contributed by atoms with E-state index in [2.05, 4.69) is 17.1 Å². The minimum Gasteiger partial charge on any atom is -0.347 e. The van der Waals surface area contributed by atoms with E-state index in [-0.39, 0.29) is 11.9 Å². The van der Waals surface area contributed by atoms with Gasteiger partial charge in [0.25, 0.3) is 5.91 Å². The van der Waals surface area contributed by atoms with Crippen molar-refractivity contribution in [2.75, 3.05) is 19.3 Å². The fourth-order valence-corrected chi connectivity index (χ4v) is 5.43. The van der Waals surface area contributed by atoms with E-state index in [9.17, 15) is 4.79 Å². The number of halogens is 1. The largest absolute Gasteiger partial charge is 0.347 e. The molecule has 3 fully saturated rings. The van der Waals surface area contributed by atoms with Crippen LogP contribution in [-0.4, -0.2) is 42.2 Å².